The molecule has 5 nitrogen and oxygen atoms in total. The fraction of sp³-hybridized carbons (Fsp3) is 0.190. The summed E-state index contributed by atoms with van der Waals surface area (Å²) >= 11 is 4.75. The number of nitrogens with one attached hydrogen (secondary N) is 1. The Balaban J connectivity index is 1.69. The van der Waals surface area contributed by atoms with Gasteiger partial charge in [0.05, 0.1) is 12.2 Å². The third-order valence-electron chi connectivity index (χ3n) is 4.20. The predicted molar refractivity (Wildman–Crippen MR) is 117 cm³/mol. The lowest BCUT2D eigenvalue weighted by Gasteiger charge is -2.17. The highest BCUT2D eigenvalue weighted by molar-refractivity contribution is 9.10. The predicted octanol–water partition coefficient (Wildman–Crippen LogP) is 4.90. The number of rotatable bonds is 5. The van der Waals surface area contributed by atoms with Crippen molar-refractivity contribution in [2.24, 2.45) is 0 Å². The van der Waals surface area contributed by atoms with Gasteiger partial charge in [0.25, 0.3) is 5.91 Å². The molecule has 1 heterocycles. The Bertz CT molecular complexity index is 1020. The molecule has 0 aliphatic carbocycles. The van der Waals surface area contributed by atoms with Gasteiger partial charge in [0.2, 0.25) is 5.91 Å². The molecule has 0 aliphatic rings. The first-order chi connectivity index (χ1) is 13.3. The van der Waals surface area contributed by atoms with Crippen LogP contribution in [-0.4, -0.2) is 35.3 Å². The van der Waals surface area contributed by atoms with E-state index in [4.69, 9.17) is 0 Å². The summed E-state index contributed by atoms with van der Waals surface area (Å²) in [5, 5.41) is 3.65. The van der Waals surface area contributed by atoms with Gasteiger partial charge in [0.15, 0.2) is 0 Å². The first-order valence-corrected chi connectivity index (χ1v) is 10.3. The van der Waals surface area contributed by atoms with E-state index in [0.717, 1.165) is 26.3 Å². The standard InChI is InChI=1S/C21H20BrN3O2S/c1-13-11-16(22)9-10-17(13)24-18(26)12-25(3)21(27)19-14(2)23-20(28-19)15-7-5-4-6-8-15/h4-11H,12H2,1-3H3,(H,24,26). The average Bonchev–Trinajstić information content (AvgIpc) is 3.05. The molecule has 0 saturated heterocycles. The van der Waals surface area contributed by atoms with Crippen LogP contribution in [0.25, 0.3) is 10.6 Å². The van der Waals surface area contributed by atoms with Crippen molar-refractivity contribution >= 4 is 44.8 Å². The van der Waals surface area contributed by atoms with Gasteiger partial charge in [-0.05, 0) is 37.6 Å². The number of carbonyl (C=O) groups is 2. The molecule has 1 N–H and O–H groups in total. The van der Waals surface area contributed by atoms with Gasteiger partial charge in [0.1, 0.15) is 9.88 Å². The molecule has 3 aromatic rings. The molecule has 0 bridgehead atoms. The zero-order valence-electron chi connectivity index (χ0n) is 15.8. The van der Waals surface area contributed by atoms with Crippen molar-refractivity contribution in [2.45, 2.75) is 13.8 Å². The number of likely N-dealkylation sites (N-methyl/N-ethyl adjacent to an activating group) is 1. The highest BCUT2D eigenvalue weighted by Gasteiger charge is 2.21. The molecule has 3 rings (SSSR count). The maximum absolute atomic E-state index is 12.8. The normalized spacial score (nSPS) is 10.6. The molecule has 0 fully saturated rings. The van der Waals surface area contributed by atoms with Crippen molar-refractivity contribution in [2.75, 3.05) is 18.9 Å². The van der Waals surface area contributed by atoms with Crippen LogP contribution in [0.4, 0.5) is 5.69 Å². The molecule has 0 spiro atoms. The Labute approximate surface area is 176 Å². The molecule has 0 saturated carbocycles. The van der Waals surface area contributed by atoms with Crippen LogP contribution in [0, 0.1) is 13.8 Å². The van der Waals surface area contributed by atoms with Gasteiger partial charge in [-0.15, -0.1) is 11.3 Å². The number of hydrogen-bond acceptors (Lipinski definition) is 4. The Hall–Kier alpha value is -2.51. The smallest absolute Gasteiger partial charge is 0.266 e. The van der Waals surface area contributed by atoms with Crippen molar-refractivity contribution in [3.05, 3.63) is 69.1 Å². The highest BCUT2D eigenvalue weighted by atomic mass is 79.9. The van der Waals surface area contributed by atoms with Gasteiger partial charge in [-0.3, -0.25) is 9.59 Å². The third-order valence-corrected chi connectivity index (χ3v) is 5.89. The number of benzene rings is 2. The molecule has 2 amide bonds. The number of aryl methyl sites for hydroxylation is 2. The second-order valence-corrected chi connectivity index (χ2v) is 8.38. The number of aromatic nitrogens is 1. The van der Waals surface area contributed by atoms with E-state index in [9.17, 15) is 9.59 Å². The number of amides is 2. The molecular formula is C21H20BrN3O2S. The lowest BCUT2D eigenvalue weighted by atomic mass is 10.2. The molecule has 7 heteroatoms. The highest BCUT2D eigenvalue weighted by Crippen LogP contribution is 2.28. The number of halogens is 1. The lowest BCUT2D eigenvalue weighted by molar-refractivity contribution is -0.116. The molecule has 1 aromatic heterocycles. The fourth-order valence-corrected chi connectivity index (χ4v) is 4.26. The van der Waals surface area contributed by atoms with Gasteiger partial charge < -0.3 is 10.2 Å². The van der Waals surface area contributed by atoms with E-state index in [1.807, 2.05) is 62.4 Å². The minimum atomic E-state index is -0.244. The number of anilines is 1. The second-order valence-electron chi connectivity index (χ2n) is 6.47. The van der Waals surface area contributed by atoms with Gasteiger partial charge in [0, 0.05) is 22.8 Å². The van der Waals surface area contributed by atoms with Crippen molar-refractivity contribution in [3.63, 3.8) is 0 Å². The van der Waals surface area contributed by atoms with Crippen LogP contribution in [0.5, 0.6) is 0 Å². The maximum Gasteiger partial charge on any atom is 0.266 e. The van der Waals surface area contributed by atoms with Crippen molar-refractivity contribution in [1.82, 2.24) is 9.88 Å². The molecule has 2 aromatic carbocycles. The molecule has 0 unspecified atom stereocenters. The lowest BCUT2D eigenvalue weighted by Crippen LogP contribution is -2.35. The van der Waals surface area contributed by atoms with Gasteiger partial charge >= 0.3 is 0 Å². The number of hydrogen-bond donors (Lipinski definition) is 1. The van der Waals surface area contributed by atoms with E-state index in [2.05, 4.69) is 26.2 Å². The minimum absolute atomic E-state index is 0.0354. The van der Waals surface area contributed by atoms with E-state index in [1.54, 1.807) is 7.05 Å². The summed E-state index contributed by atoms with van der Waals surface area (Å²) in [4.78, 5) is 31.7. The summed E-state index contributed by atoms with van der Waals surface area (Å²) in [7, 11) is 1.62. The summed E-state index contributed by atoms with van der Waals surface area (Å²) < 4.78 is 0.949. The van der Waals surface area contributed by atoms with Crippen LogP contribution in [0.3, 0.4) is 0 Å². The Morgan fingerprint density at radius 3 is 2.54 bits per heavy atom. The van der Waals surface area contributed by atoms with E-state index >= 15 is 0 Å². The fourth-order valence-electron chi connectivity index (χ4n) is 2.72. The van der Waals surface area contributed by atoms with Crippen LogP contribution >= 0.6 is 27.3 Å². The van der Waals surface area contributed by atoms with Gasteiger partial charge in [-0.25, -0.2) is 4.98 Å². The largest absolute Gasteiger partial charge is 0.332 e. The van der Waals surface area contributed by atoms with Crippen LogP contribution in [0.2, 0.25) is 0 Å². The summed E-state index contributed by atoms with van der Waals surface area (Å²) in [6, 6.07) is 15.4. The van der Waals surface area contributed by atoms with Crippen LogP contribution in [0.15, 0.2) is 53.0 Å². The molecule has 0 aliphatic heterocycles. The summed E-state index contributed by atoms with van der Waals surface area (Å²) in [5.74, 6) is -0.452. The van der Waals surface area contributed by atoms with Crippen molar-refractivity contribution in [3.8, 4) is 10.6 Å². The number of carbonyl (C=O) groups excluding carboxylic acids is 2. The monoisotopic (exact) mass is 457 g/mol. The van der Waals surface area contributed by atoms with Gasteiger partial charge in [-0.1, -0.05) is 46.3 Å². The molecule has 0 radical (unpaired) electrons. The topological polar surface area (TPSA) is 62.3 Å². The number of nitrogens with zero attached hydrogens (tertiary/aromatic N) is 2. The summed E-state index contributed by atoms with van der Waals surface area (Å²) in [5.41, 5.74) is 3.32. The van der Waals surface area contributed by atoms with Crippen LogP contribution in [0.1, 0.15) is 20.9 Å². The van der Waals surface area contributed by atoms with Gasteiger partial charge in [-0.2, -0.15) is 0 Å². The molecule has 0 atom stereocenters. The molecule has 144 valence electrons. The van der Waals surface area contributed by atoms with E-state index < -0.39 is 0 Å². The van der Waals surface area contributed by atoms with E-state index in [-0.39, 0.29) is 18.4 Å². The van der Waals surface area contributed by atoms with Crippen molar-refractivity contribution < 1.29 is 9.59 Å². The average molecular weight is 458 g/mol. The zero-order valence-corrected chi connectivity index (χ0v) is 18.2. The minimum Gasteiger partial charge on any atom is -0.332 e. The first kappa shape index (κ1) is 20.2. The molecule has 28 heavy (non-hydrogen) atoms. The SMILES string of the molecule is Cc1cc(Br)ccc1NC(=O)CN(C)C(=O)c1sc(-c2ccccc2)nc1C. The zero-order chi connectivity index (χ0) is 20.3. The molecular weight excluding hydrogens is 438 g/mol. The van der Waals surface area contributed by atoms with E-state index in [0.29, 0.717) is 10.6 Å². The van der Waals surface area contributed by atoms with E-state index in [1.165, 1.54) is 16.2 Å². The van der Waals surface area contributed by atoms with Crippen LogP contribution in [-0.2, 0) is 4.79 Å². The first-order valence-electron chi connectivity index (χ1n) is 8.69. The third kappa shape index (κ3) is 4.66. The summed E-state index contributed by atoms with van der Waals surface area (Å²) in [6.07, 6.45) is 0. The Morgan fingerprint density at radius 2 is 1.86 bits per heavy atom. The van der Waals surface area contributed by atoms with Crippen LogP contribution < -0.4 is 5.32 Å². The second kappa shape index (κ2) is 8.67. The summed E-state index contributed by atoms with van der Waals surface area (Å²) in [6.45, 7) is 3.70. The Morgan fingerprint density at radius 1 is 1.14 bits per heavy atom. The van der Waals surface area contributed by atoms with Crippen molar-refractivity contribution in [1.29, 1.82) is 0 Å². The Kier molecular flexibility index (Phi) is 6.26. The number of thiazole rings is 1. The maximum atomic E-state index is 12.8. The quantitative estimate of drug-likeness (QED) is 0.592.